The lowest BCUT2D eigenvalue weighted by Gasteiger charge is -2.12. The summed E-state index contributed by atoms with van der Waals surface area (Å²) in [5, 5.41) is 9.72. The summed E-state index contributed by atoms with van der Waals surface area (Å²) >= 11 is 1.75. The van der Waals surface area contributed by atoms with Gasteiger partial charge in [0.05, 0.1) is 38.0 Å². The Morgan fingerprint density at radius 2 is 0.910 bits per heavy atom. The van der Waals surface area contributed by atoms with Gasteiger partial charge in [-0.2, -0.15) is 0 Å². The van der Waals surface area contributed by atoms with Gasteiger partial charge in [-0.05, 0) is 86.3 Å². The van der Waals surface area contributed by atoms with E-state index in [1.54, 1.807) is 11.3 Å². The van der Waals surface area contributed by atoms with Gasteiger partial charge < -0.3 is 4.57 Å². The van der Waals surface area contributed by atoms with Gasteiger partial charge in [0.25, 0.3) is 0 Å². The van der Waals surface area contributed by atoms with Gasteiger partial charge >= 0.3 is 0 Å². The highest BCUT2D eigenvalue weighted by Crippen LogP contribution is 2.45. The van der Waals surface area contributed by atoms with Crippen molar-refractivity contribution in [3.8, 4) is 55.6 Å². The van der Waals surface area contributed by atoms with Crippen LogP contribution in [0.2, 0.25) is 0 Å². The van der Waals surface area contributed by atoms with Crippen molar-refractivity contribution in [1.29, 1.82) is 0 Å². The van der Waals surface area contributed by atoms with Crippen molar-refractivity contribution in [3.63, 3.8) is 0 Å². The lowest BCUT2D eigenvalue weighted by atomic mass is 9.97. The highest BCUT2D eigenvalue weighted by atomic mass is 32.1. The first-order chi connectivity index (χ1) is 33.2. The molecule has 0 unspecified atom stereocenters. The molecule has 14 rings (SSSR count). The van der Waals surface area contributed by atoms with E-state index in [2.05, 4.69) is 240 Å². The zero-order chi connectivity index (χ0) is 44.0. The Balaban J connectivity index is 1.03. The van der Waals surface area contributed by atoms with Crippen LogP contribution in [0.1, 0.15) is 0 Å². The second-order valence-corrected chi connectivity index (χ2v) is 18.4. The van der Waals surface area contributed by atoms with Crippen LogP contribution in [0, 0.1) is 0 Å². The predicted octanol–water partition coefficient (Wildman–Crippen LogP) is 16.9. The third-order valence-electron chi connectivity index (χ3n) is 13.5. The first-order valence-electron chi connectivity index (χ1n) is 22.7. The molecule has 14 aromatic rings. The van der Waals surface area contributed by atoms with Crippen molar-refractivity contribution < 1.29 is 0 Å². The van der Waals surface area contributed by atoms with E-state index >= 15 is 0 Å². The molecule has 0 radical (unpaired) electrons. The van der Waals surface area contributed by atoms with Crippen LogP contribution in [-0.4, -0.2) is 19.1 Å². The van der Waals surface area contributed by atoms with E-state index in [1.807, 2.05) is 0 Å². The van der Waals surface area contributed by atoms with E-state index in [1.165, 1.54) is 71.0 Å². The van der Waals surface area contributed by atoms with Gasteiger partial charge in [-0.3, -0.25) is 4.57 Å². The molecule has 0 bridgehead atoms. The van der Waals surface area contributed by atoms with Gasteiger partial charge in [-0.25, -0.2) is 9.97 Å². The summed E-state index contributed by atoms with van der Waals surface area (Å²) in [6.45, 7) is 0. The topological polar surface area (TPSA) is 35.6 Å². The van der Waals surface area contributed by atoms with Gasteiger partial charge in [-0.1, -0.05) is 188 Å². The molecule has 0 saturated heterocycles. The average molecular weight is 871 g/mol. The fraction of sp³-hybridized carbons (Fsp3) is 0. The molecular weight excluding hydrogens is 833 g/mol. The SMILES string of the molecule is c1ccc(-c2ccc(-c3nc(-n4c5ccc(-c6cccc7c8c9ccccc9ccc8n(-c8ccccc8)c67)cc5c5c6ccccc6ccc54)nc4cc(-c5ccccc5)sc34)cc2)cc1. The van der Waals surface area contributed by atoms with Crippen LogP contribution in [0.25, 0.3) is 131 Å². The fourth-order valence-electron chi connectivity index (χ4n) is 10.5. The second kappa shape index (κ2) is 15.0. The van der Waals surface area contributed by atoms with Crippen LogP contribution in [0.4, 0.5) is 0 Å². The normalized spacial score (nSPS) is 11.9. The molecule has 312 valence electrons. The minimum Gasteiger partial charge on any atom is -0.309 e. The zero-order valence-electron chi connectivity index (χ0n) is 36.1. The van der Waals surface area contributed by atoms with E-state index in [4.69, 9.17) is 9.97 Å². The van der Waals surface area contributed by atoms with Crippen molar-refractivity contribution in [1.82, 2.24) is 19.1 Å². The summed E-state index contributed by atoms with van der Waals surface area (Å²) < 4.78 is 5.81. The maximum atomic E-state index is 5.58. The smallest absolute Gasteiger partial charge is 0.235 e. The average Bonchev–Trinajstić information content (AvgIpc) is 4.10. The molecule has 67 heavy (non-hydrogen) atoms. The van der Waals surface area contributed by atoms with Crippen LogP contribution in [0.15, 0.2) is 231 Å². The molecule has 5 heteroatoms. The van der Waals surface area contributed by atoms with Crippen molar-refractivity contribution in [2.24, 2.45) is 0 Å². The molecule has 10 aromatic carbocycles. The summed E-state index contributed by atoms with van der Waals surface area (Å²) in [7, 11) is 0. The van der Waals surface area contributed by atoms with Crippen molar-refractivity contribution in [3.05, 3.63) is 231 Å². The number of thiophene rings is 1. The first kappa shape index (κ1) is 37.7. The molecule has 0 N–H and O–H groups in total. The van der Waals surface area contributed by atoms with Crippen molar-refractivity contribution in [2.75, 3.05) is 0 Å². The van der Waals surface area contributed by atoms with Crippen LogP contribution < -0.4 is 0 Å². The minimum atomic E-state index is 0.647. The summed E-state index contributed by atoms with van der Waals surface area (Å²) in [6, 6.07) is 83.3. The summed E-state index contributed by atoms with van der Waals surface area (Å²) in [6.07, 6.45) is 0. The van der Waals surface area contributed by atoms with Crippen LogP contribution >= 0.6 is 11.3 Å². The van der Waals surface area contributed by atoms with Gasteiger partial charge in [0, 0.05) is 43.2 Å². The number of para-hydroxylation sites is 2. The molecule has 4 heterocycles. The largest absolute Gasteiger partial charge is 0.309 e. The lowest BCUT2D eigenvalue weighted by Crippen LogP contribution is -2.02. The van der Waals surface area contributed by atoms with Crippen molar-refractivity contribution >= 4 is 86.7 Å². The third-order valence-corrected chi connectivity index (χ3v) is 14.7. The molecule has 0 spiro atoms. The first-order valence-corrected chi connectivity index (χ1v) is 23.5. The quantitative estimate of drug-likeness (QED) is 0.167. The predicted molar refractivity (Wildman–Crippen MR) is 283 cm³/mol. The van der Waals surface area contributed by atoms with E-state index in [0.29, 0.717) is 5.95 Å². The highest BCUT2D eigenvalue weighted by molar-refractivity contribution is 7.22. The molecular formula is C62H38N4S. The zero-order valence-corrected chi connectivity index (χ0v) is 37.0. The molecule has 4 nitrogen and oxygen atoms in total. The van der Waals surface area contributed by atoms with Crippen LogP contribution in [0.5, 0.6) is 0 Å². The number of hydrogen-bond donors (Lipinski definition) is 0. The number of nitrogens with zero attached hydrogens (tertiary/aromatic N) is 4. The Labute approximate surface area is 389 Å². The monoisotopic (exact) mass is 870 g/mol. The fourth-order valence-corrected chi connectivity index (χ4v) is 11.6. The maximum Gasteiger partial charge on any atom is 0.235 e. The van der Waals surface area contributed by atoms with Crippen LogP contribution in [-0.2, 0) is 0 Å². The molecule has 0 aliphatic carbocycles. The third kappa shape index (κ3) is 5.92. The summed E-state index contributed by atoms with van der Waals surface area (Å²) in [5.74, 6) is 0.647. The Hall–Kier alpha value is -8.64. The highest BCUT2D eigenvalue weighted by Gasteiger charge is 2.23. The molecule has 0 fully saturated rings. The Bertz CT molecular complexity index is 4240. The molecule has 0 atom stereocenters. The number of hydrogen-bond acceptors (Lipinski definition) is 3. The maximum absolute atomic E-state index is 5.58. The second-order valence-electron chi connectivity index (χ2n) is 17.3. The van der Waals surface area contributed by atoms with Gasteiger partial charge in [0.15, 0.2) is 0 Å². The minimum absolute atomic E-state index is 0.647. The Morgan fingerprint density at radius 1 is 0.358 bits per heavy atom. The van der Waals surface area contributed by atoms with E-state index in [0.717, 1.165) is 54.0 Å². The van der Waals surface area contributed by atoms with Gasteiger partial charge in [-0.15, -0.1) is 11.3 Å². The Kier molecular flexibility index (Phi) is 8.42. The van der Waals surface area contributed by atoms with E-state index < -0.39 is 0 Å². The molecule has 0 aliphatic heterocycles. The van der Waals surface area contributed by atoms with Crippen molar-refractivity contribution in [2.45, 2.75) is 0 Å². The number of fused-ring (bicyclic) bond motifs is 11. The number of benzene rings is 10. The molecule has 4 aromatic heterocycles. The van der Waals surface area contributed by atoms with Gasteiger partial charge in [0.2, 0.25) is 5.95 Å². The summed E-state index contributed by atoms with van der Waals surface area (Å²) in [5.41, 5.74) is 14.4. The molecule has 0 aliphatic rings. The number of rotatable bonds is 6. The van der Waals surface area contributed by atoms with Gasteiger partial charge in [0.1, 0.15) is 0 Å². The lowest BCUT2D eigenvalue weighted by molar-refractivity contribution is 1.02. The standard InChI is InChI=1S/C62H38N4S/c1-4-15-39(16-5-1)40-27-29-44(30-28-40)59-61-52(38-56(67-61)43-19-6-2-7-20-43)63-62(64-59)66-53-34-33-45(37-51(53)58-48-24-13-11-18-42(48)32-36-55(58)66)49-25-14-26-50-57-47-23-12-10-17-41(47)31-35-54(57)65(60(49)50)46-21-8-3-9-22-46/h1-38H. The van der Waals surface area contributed by atoms with E-state index in [-0.39, 0.29) is 0 Å². The van der Waals surface area contributed by atoms with E-state index in [9.17, 15) is 0 Å². The van der Waals surface area contributed by atoms with Crippen LogP contribution in [0.3, 0.4) is 0 Å². The summed E-state index contributed by atoms with van der Waals surface area (Å²) in [4.78, 5) is 12.2. The molecule has 0 amide bonds. The number of aromatic nitrogens is 4. The Morgan fingerprint density at radius 3 is 1.63 bits per heavy atom. The molecule has 0 saturated carbocycles.